The second-order valence-electron chi connectivity index (χ2n) is 10.3. The van der Waals surface area contributed by atoms with E-state index in [9.17, 15) is 18.0 Å². The third kappa shape index (κ3) is 8.11. The second kappa shape index (κ2) is 14.5. The fourth-order valence-corrected chi connectivity index (χ4v) is 6.24. The highest BCUT2D eigenvalue weighted by molar-refractivity contribution is 7.92. The third-order valence-corrected chi connectivity index (χ3v) is 9.18. The highest BCUT2D eigenvalue weighted by atomic mass is 35.5. The molecule has 3 aromatic rings. The van der Waals surface area contributed by atoms with E-state index < -0.39 is 28.5 Å². The van der Waals surface area contributed by atoms with E-state index in [0.717, 1.165) is 28.3 Å². The van der Waals surface area contributed by atoms with Crippen molar-refractivity contribution in [2.45, 2.75) is 71.4 Å². The fourth-order valence-electron chi connectivity index (χ4n) is 4.57. The predicted octanol–water partition coefficient (Wildman–Crippen LogP) is 6.18. The molecule has 2 amide bonds. The summed E-state index contributed by atoms with van der Waals surface area (Å²) in [4.78, 5) is 29.0. The van der Waals surface area contributed by atoms with E-state index in [1.165, 1.54) is 4.90 Å². The molecule has 0 aliphatic heterocycles. The largest absolute Gasteiger partial charge is 0.354 e. The van der Waals surface area contributed by atoms with Gasteiger partial charge in [0.05, 0.1) is 10.6 Å². The van der Waals surface area contributed by atoms with Gasteiger partial charge in [0.25, 0.3) is 10.0 Å². The molecule has 0 saturated heterocycles. The zero-order valence-corrected chi connectivity index (χ0v) is 26.1. The van der Waals surface area contributed by atoms with Crippen molar-refractivity contribution in [3.63, 3.8) is 0 Å². The maximum atomic E-state index is 14.2. The van der Waals surface area contributed by atoms with E-state index in [1.807, 2.05) is 52.8 Å². The Kier molecular flexibility index (Phi) is 11.4. The summed E-state index contributed by atoms with van der Waals surface area (Å²) in [5, 5.41) is 3.40. The molecule has 0 saturated carbocycles. The van der Waals surface area contributed by atoms with Crippen LogP contribution in [-0.4, -0.2) is 44.3 Å². The summed E-state index contributed by atoms with van der Waals surface area (Å²) in [6.07, 6.45) is 2.08. The molecule has 0 bridgehead atoms. The van der Waals surface area contributed by atoms with Crippen LogP contribution in [0.3, 0.4) is 0 Å². The summed E-state index contributed by atoms with van der Waals surface area (Å²) < 4.78 is 29.3. The molecule has 0 unspecified atom stereocenters. The number of rotatable bonds is 13. The second-order valence-corrected chi connectivity index (χ2v) is 12.6. The van der Waals surface area contributed by atoms with Crippen molar-refractivity contribution in [2.75, 3.05) is 17.4 Å². The first-order valence-electron chi connectivity index (χ1n) is 14.0. The van der Waals surface area contributed by atoms with Crippen molar-refractivity contribution in [3.05, 3.63) is 94.0 Å². The smallest absolute Gasteiger partial charge is 0.264 e. The molecular weight excluding hydrogens is 558 g/mol. The number of unbranched alkanes of at least 4 members (excludes halogenated alkanes) is 1. The summed E-state index contributed by atoms with van der Waals surface area (Å²) in [6, 6.07) is 18.4. The fraction of sp³-hybridized carbons (Fsp3) is 0.375. The number of carbonyl (C=O) groups is 2. The van der Waals surface area contributed by atoms with Gasteiger partial charge >= 0.3 is 0 Å². The van der Waals surface area contributed by atoms with Crippen LogP contribution in [0.5, 0.6) is 0 Å². The Bertz CT molecular complexity index is 1460. The van der Waals surface area contributed by atoms with E-state index in [0.29, 0.717) is 34.8 Å². The zero-order chi connectivity index (χ0) is 30.2. The topological polar surface area (TPSA) is 86.8 Å². The molecule has 1 atom stereocenters. The summed E-state index contributed by atoms with van der Waals surface area (Å²) in [7, 11) is -4.13. The number of aryl methyl sites for hydroxylation is 3. The Hall–Kier alpha value is -3.36. The minimum Gasteiger partial charge on any atom is -0.354 e. The van der Waals surface area contributed by atoms with Crippen LogP contribution in [-0.2, 0) is 26.2 Å². The van der Waals surface area contributed by atoms with E-state index >= 15 is 0 Å². The Morgan fingerprint density at radius 1 is 0.927 bits per heavy atom. The van der Waals surface area contributed by atoms with E-state index in [1.54, 1.807) is 48.5 Å². The summed E-state index contributed by atoms with van der Waals surface area (Å²) in [6.45, 7) is 9.51. The van der Waals surface area contributed by atoms with Crippen LogP contribution in [0, 0.1) is 20.8 Å². The number of carbonyl (C=O) groups excluding carboxylic acids is 2. The summed E-state index contributed by atoms with van der Waals surface area (Å²) in [5.41, 5.74) is 3.57. The van der Waals surface area contributed by atoms with Gasteiger partial charge in [0, 0.05) is 18.1 Å². The van der Waals surface area contributed by atoms with Crippen molar-refractivity contribution in [3.8, 4) is 0 Å². The molecule has 7 nitrogen and oxygen atoms in total. The van der Waals surface area contributed by atoms with Gasteiger partial charge in [-0.05, 0) is 74.6 Å². The number of benzene rings is 3. The number of anilines is 1. The van der Waals surface area contributed by atoms with Crippen LogP contribution >= 0.6 is 11.6 Å². The minimum absolute atomic E-state index is 0.0590. The van der Waals surface area contributed by atoms with Gasteiger partial charge in [0.1, 0.15) is 12.6 Å². The van der Waals surface area contributed by atoms with Crippen LogP contribution in [0.2, 0.25) is 5.02 Å². The summed E-state index contributed by atoms with van der Waals surface area (Å²) >= 11 is 6.46. The number of nitrogens with zero attached hydrogens (tertiary/aromatic N) is 2. The molecule has 0 spiro atoms. The lowest BCUT2D eigenvalue weighted by Crippen LogP contribution is -2.52. The van der Waals surface area contributed by atoms with Gasteiger partial charge in [-0.3, -0.25) is 13.9 Å². The maximum absolute atomic E-state index is 14.2. The van der Waals surface area contributed by atoms with Crippen LogP contribution in [0.4, 0.5) is 5.69 Å². The molecule has 9 heteroatoms. The van der Waals surface area contributed by atoms with Gasteiger partial charge in [0.2, 0.25) is 11.8 Å². The first-order chi connectivity index (χ1) is 19.5. The number of nitrogens with one attached hydrogen (secondary N) is 1. The van der Waals surface area contributed by atoms with Crippen molar-refractivity contribution >= 4 is 39.1 Å². The van der Waals surface area contributed by atoms with Gasteiger partial charge in [-0.1, -0.05) is 79.9 Å². The van der Waals surface area contributed by atoms with Crippen LogP contribution in [0.25, 0.3) is 0 Å². The van der Waals surface area contributed by atoms with E-state index in [2.05, 4.69) is 5.32 Å². The molecule has 3 rings (SSSR count). The minimum atomic E-state index is -4.13. The average molecular weight is 598 g/mol. The standard InChI is InChI=1S/C32H40ClN3O4S/c1-6-8-19-34-32(38)29(7-2)35(21-26-11-9-10-12-28(26)33)31(37)22-36(30-20-24(4)13-16-25(30)5)41(39,40)27-17-14-23(3)15-18-27/h9-18,20,29H,6-8,19,21-22H2,1-5H3,(H,34,38)/t29-/m0/s1. The van der Waals surface area contributed by atoms with Gasteiger partial charge in [0.15, 0.2) is 0 Å². The molecule has 0 heterocycles. The monoisotopic (exact) mass is 597 g/mol. The van der Waals surface area contributed by atoms with Crippen molar-refractivity contribution in [2.24, 2.45) is 0 Å². The molecule has 0 aliphatic carbocycles. The molecule has 0 fully saturated rings. The molecule has 3 aromatic carbocycles. The predicted molar refractivity (Wildman–Crippen MR) is 166 cm³/mol. The van der Waals surface area contributed by atoms with Crippen molar-refractivity contribution < 1.29 is 18.0 Å². The number of hydrogen-bond acceptors (Lipinski definition) is 4. The van der Waals surface area contributed by atoms with Gasteiger partial charge in [-0.25, -0.2) is 8.42 Å². The maximum Gasteiger partial charge on any atom is 0.264 e. The van der Waals surface area contributed by atoms with Gasteiger partial charge in [-0.15, -0.1) is 0 Å². The number of hydrogen-bond donors (Lipinski definition) is 1. The third-order valence-electron chi connectivity index (χ3n) is 7.04. The summed E-state index contributed by atoms with van der Waals surface area (Å²) in [5.74, 6) is -0.778. The highest BCUT2D eigenvalue weighted by Crippen LogP contribution is 2.29. The molecule has 0 aliphatic rings. The Morgan fingerprint density at radius 3 is 2.22 bits per heavy atom. The molecular formula is C32H40ClN3O4S. The SMILES string of the molecule is CCCCNC(=O)[C@H](CC)N(Cc1ccccc1Cl)C(=O)CN(c1cc(C)ccc1C)S(=O)(=O)c1ccc(C)cc1. The zero-order valence-electron chi connectivity index (χ0n) is 24.5. The van der Waals surface area contributed by atoms with Gasteiger partial charge in [-0.2, -0.15) is 0 Å². The van der Waals surface area contributed by atoms with Crippen molar-refractivity contribution in [1.82, 2.24) is 10.2 Å². The lowest BCUT2D eigenvalue weighted by atomic mass is 10.1. The van der Waals surface area contributed by atoms with Crippen LogP contribution in [0.1, 0.15) is 55.4 Å². The van der Waals surface area contributed by atoms with E-state index in [-0.39, 0.29) is 17.3 Å². The Balaban J connectivity index is 2.09. The first kappa shape index (κ1) is 32.2. The van der Waals surface area contributed by atoms with Gasteiger partial charge < -0.3 is 10.2 Å². The lowest BCUT2D eigenvalue weighted by Gasteiger charge is -2.34. The Labute approximate surface area is 249 Å². The molecule has 1 N–H and O–H groups in total. The lowest BCUT2D eigenvalue weighted by molar-refractivity contribution is -0.140. The molecule has 0 aromatic heterocycles. The first-order valence-corrected chi connectivity index (χ1v) is 15.8. The van der Waals surface area contributed by atoms with Crippen LogP contribution in [0.15, 0.2) is 71.6 Å². The molecule has 0 radical (unpaired) electrons. The number of halogens is 1. The molecule has 41 heavy (non-hydrogen) atoms. The van der Waals surface area contributed by atoms with Crippen LogP contribution < -0.4 is 9.62 Å². The Morgan fingerprint density at radius 2 is 1.59 bits per heavy atom. The normalized spacial score (nSPS) is 12.0. The number of sulfonamides is 1. The quantitative estimate of drug-likeness (QED) is 0.238. The molecule has 220 valence electrons. The van der Waals surface area contributed by atoms with E-state index in [4.69, 9.17) is 11.6 Å². The van der Waals surface area contributed by atoms with Crippen molar-refractivity contribution in [1.29, 1.82) is 0 Å². The average Bonchev–Trinajstić information content (AvgIpc) is 2.94. The highest BCUT2D eigenvalue weighted by Gasteiger charge is 2.34. The number of amides is 2.